The molecule has 0 aliphatic rings. The molecule has 1 heterocycles. The Morgan fingerprint density at radius 2 is 2.11 bits per heavy atom. The van der Waals surface area contributed by atoms with Crippen LogP contribution >= 0.6 is 0 Å². The van der Waals surface area contributed by atoms with Crippen molar-refractivity contribution in [2.24, 2.45) is 5.41 Å². The molecule has 18 heavy (non-hydrogen) atoms. The van der Waals surface area contributed by atoms with E-state index in [0.29, 0.717) is 12.2 Å². The minimum Gasteiger partial charge on any atom is -0.497 e. The van der Waals surface area contributed by atoms with Crippen LogP contribution in [0.1, 0.15) is 19.6 Å². The molecular formula is C14H16O4. The zero-order valence-electron chi connectivity index (χ0n) is 10.7. The van der Waals surface area contributed by atoms with E-state index in [1.807, 2.05) is 24.3 Å². The molecule has 2 aromatic rings. The first-order chi connectivity index (χ1) is 8.42. The van der Waals surface area contributed by atoms with Gasteiger partial charge in [0.25, 0.3) is 0 Å². The minimum absolute atomic E-state index is 0.360. The lowest BCUT2D eigenvalue weighted by Crippen LogP contribution is -2.25. The molecule has 2 rings (SSSR count). The van der Waals surface area contributed by atoms with Crippen molar-refractivity contribution < 1.29 is 19.1 Å². The van der Waals surface area contributed by atoms with Crippen molar-refractivity contribution in [1.29, 1.82) is 0 Å². The topological polar surface area (TPSA) is 59.7 Å². The van der Waals surface area contributed by atoms with Crippen LogP contribution in [0, 0.1) is 5.41 Å². The highest BCUT2D eigenvalue weighted by Crippen LogP contribution is 2.28. The molecule has 0 unspecified atom stereocenters. The van der Waals surface area contributed by atoms with E-state index in [1.54, 1.807) is 21.0 Å². The van der Waals surface area contributed by atoms with Crippen molar-refractivity contribution in [3.8, 4) is 5.75 Å². The van der Waals surface area contributed by atoms with Gasteiger partial charge in [-0.1, -0.05) is 0 Å². The van der Waals surface area contributed by atoms with Crippen LogP contribution in [-0.2, 0) is 11.2 Å². The van der Waals surface area contributed by atoms with Gasteiger partial charge in [-0.25, -0.2) is 0 Å². The Bertz CT molecular complexity index is 580. The Hall–Kier alpha value is -1.97. The Morgan fingerprint density at radius 3 is 2.72 bits per heavy atom. The molecule has 1 N–H and O–H groups in total. The number of aliphatic carboxylic acids is 1. The third-order valence-electron chi connectivity index (χ3n) is 2.97. The number of carboxylic acids is 1. The van der Waals surface area contributed by atoms with Gasteiger partial charge in [0.1, 0.15) is 17.1 Å². The maximum atomic E-state index is 11.1. The smallest absolute Gasteiger partial charge is 0.309 e. The summed E-state index contributed by atoms with van der Waals surface area (Å²) in [5, 5.41) is 10.0. The number of benzene rings is 1. The number of rotatable bonds is 4. The monoisotopic (exact) mass is 248 g/mol. The summed E-state index contributed by atoms with van der Waals surface area (Å²) in [6.45, 7) is 3.37. The van der Waals surface area contributed by atoms with Crippen molar-refractivity contribution in [1.82, 2.24) is 0 Å². The van der Waals surface area contributed by atoms with E-state index >= 15 is 0 Å². The van der Waals surface area contributed by atoms with Gasteiger partial charge in [0.15, 0.2) is 0 Å². The molecule has 96 valence electrons. The summed E-state index contributed by atoms with van der Waals surface area (Å²) in [5.74, 6) is 0.596. The van der Waals surface area contributed by atoms with Gasteiger partial charge in [0.05, 0.1) is 12.5 Å². The van der Waals surface area contributed by atoms with Crippen molar-refractivity contribution >= 4 is 16.9 Å². The molecular weight excluding hydrogens is 232 g/mol. The largest absolute Gasteiger partial charge is 0.497 e. The molecule has 0 amide bonds. The maximum Gasteiger partial charge on any atom is 0.309 e. The molecule has 0 spiro atoms. The number of hydrogen-bond acceptors (Lipinski definition) is 3. The van der Waals surface area contributed by atoms with Crippen molar-refractivity contribution in [2.75, 3.05) is 7.11 Å². The van der Waals surface area contributed by atoms with Crippen LogP contribution in [0.5, 0.6) is 5.75 Å². The highest BCUT2D eigenvalue weighted by molar-refractivity contribution is 5.80. The predicted molar refractivity (Wildman–Crippen MR) is 67.9 cm³/mol. The van der Waals surface area contributed by atoms with Gasteiger partial charge in [0.2, 0.25) is 0 Å². The number of furan rings is 1. The molecule has 4 nitrogen and oxygen atoms in total. The standard InChI is InChI=1S/C14H16O4/c1-14(2,13(15)16)8-11-7-9-6-10(17-3)4-5-12(9)18-11/h4-7H,8H2,1-3H3,(H,15,16). The van der Waals surface area contributed by atoms with Crippen LogP contribution in [-0.4, -0.2) is 18.2 Å². The molecule has 0 saturated carbocycles. The summed E-state index contributed by atoms with van der Waals surface area (Å²) in [6.07, 6.45) is 0.360. The first-order valence-corrected chi connectivity index (χ1v) is 5.72. The van der Waals surface area contributed by atoms with E-state index in [2.05, 4.69) is 0 Å². The molecule has 0 aliphatic heterocycles. The van der Waals surface area contributed by atoms with Gasteiger partial charge in [-0.2, -0.15) is 0 Å². The Kier molecular flexibility index (Phi) is 3.03. The van der Waals surface area contributed by atoms with E-state index < -0.39 is 11.4 Å². The second-order valence-corrected chi connectivity index (χ2v) is 4.98. The Balaban J connectivity index is 2.33. The molecule has 0 saturated heterocycles. The van der Waals surface area contributed by atoms with Gasteiger partial charge >= 0.3 is 5.97 Å². The zero-order chi connectivity index (χ0) is 13.3. The summed E-state index contributed by atoms with van der Waals surface area (Å²) in [7, 11) is 1.61. The Labute approximate surface area is 105 Å². The van der Waals surface area contributed by atoms with E-state index in [-0.39, 0.29) is 0 Å². The molecule has 1 aromatic carbocycles. The molecule has 0 atom stereocenters. The van der Waals surface area contributed by atoms with Crippen molar-refractivity contribution in [3.05, 3.63) is 30.0 Å². The van der Waals surface area contributed by atoms with Crippen LogP contribution in [0.2, 0.25) is 0 Å². The second kappa shape index (κ2) is 4.37. The van der Waals surface area contributed by atoms with E-state index in [9.17, 15) is 4.79 Å². The number of methoxy groups -OCH3 is 1. The maximum absolute atomic E-state index is 11.1. The molecule has 0 fully saturated rings. The summed E-state index contributed by atoms with van der Waals surface area (Å²) < 4.78 is 10.8. The van der Waals surface area contributed by atoms with Crippen LogP contribution in [0.25, 0.3) is 11.0 Å². The van der Waals surface area contributed by atoms with Crippen LogP contribution < -0.4 is 4.74 Å². The van der Waals surface area contributed by atoms with Gasteiger partial charge in [-0.15, -0.1) is 0 Å². The molecule has 1 aromatic heterocycles. The van der Waals surface area contributed by atoms with Gasteiger partial charge in [-0.05, 0) is 38.1 Å². The normalized spacial score (nSPS) is 11.7. The number of fused-ring (bicyclic) bond motifs is 1. The number of ether oxygens (including phenoxy) is 1. The fourth-order valence-corrected chi connectivity index (χ4v) is 1.80. The summed E-state index contributed by atoms with van der Waals surface area (Å²) in [6, 6.07) is 7.38. The number of hydrogen-bond donors (Lipinski definition) is 1. The summed E-state index contributed by atoms with van der Waals surface area (Å²) >= 11 is 0. The number of carbonyl (C=O) groups is 1. The lowest BCUT2D eigenvalue weighted by atomic mass is 9.88. The first kappa shape index (κ1) is 12.5. The van der Waals surface area contributed by atoms with Crippen molar-refractivity contribution in [3.63, 3.8) is 0 Å². The predicted octanol–water partition coefficient (Wildman–Crippen LogP) is 3.09. The average molecular weight is 248 g/mol. The van der Waals surface area contributed by atoms with Gasteiger partial charge < -0.3 is 14.3 Å². The first-order valence-electron chi connectivity index (χ1n) is 5.72. The lowest BCUT2D eigenvalue weighted by Gasteiger charge is -2.16. The quantitative estimate of drug-likeness (QED) is 0.903. The van der Waals surface area contributed by atoms with Gasteiger partial charge in [0, 0.05) is 11.8 Å². The molecule has 0 bridgehead atoms. The Morgan fingerprint density at radius 1 is 1.39 bits per heavy atom. The summed E-state index contributed by atoms with van der Waals surface area (Å²) in [5.41, 5.74) is -0.0928. The fraction of sp³-hybridized carbons (Fsp3) is 0.357. The lowest BCUT2D eigenvalue weighted by molar-refractivity contribution is -0.147. The zero-order valence-corrected chi connectivity index (χ0v) is 10.7. The molecule has 4 heteroatoms. The minimum atomic E-state index is -0.835. The highest BCUT2D eigenvalue weighted by atomic mass is 16.5. The molecule has 0 radical (unpaired) electrons. The number of carboxylic acid groups (broad SMARTS) is 1. The van der Waals surface area contributed by atoms with Crippen LogP contribution in [0.3, 0.4) is 0 Å². The highest BCUT2D eigenvalue weighted by Gasteiger charge is 2.28. The van der Waals surface area contributed by atoms with Gasteiger partial charge in [-0.3, -0.25) is 4.79 Å². The van der Waals surface area contributed by atoms with Crippen molar-refractivity contribution in [2.45, 2.75) is 20.3 Å². The van der Waals surface area contributed by atoms with Crippen LogP contribution in [0.15, 0.2) is 28.7 Å². The van der Waals surface area contributed by atoms with E-state index in [0.717, 1.165) is 16.7 Å². The fourth-order valence-electron chi connectivity index (χ4n) is 1.80. The second-order valence-electron chi connectivity index (χ2n) is 4.98. The third kappa shape index (κ3) is 2.32. The third-order valence-corrected chi connectivity index (χ3v) is 2.97. The van der Waals surface area contributed by atoms with E-state index in [1.165, 1.54) is 0 Å². The SMILES string of the molecule is COc1ccc2oc(CC(C)(C)C(=O)O)cc2c1. The average Bonchev–Trinajstić information content (AvgIpc) is 2.68. The summed E-state index contributed by atoms with van der Waals surface area (Å²) in [4.78, 5) is 11.1. The molecule has 0 aliphatic carbocycles. The van der Waals surface area contributed by atoms with E-state index in [4.69, 9.17) is 14.3 Å². The van der Waals surface area contributed by atoms with Crippen LogP contribution in [0.4, 0.5) is 0 Å².